The molecule has 0 saturated carbocycles. The number of sulfonamides is 1. The van der Waals surface area contributed by atoms with Crippen LogP contribution in [0.3, 0.4) is 0 Å². The highest BCUT2D eigenvalue weighted by Gasteiger charge is 2.25. The van der Waals surface area contributed by atoms with Crippen LogP contribution in [-0.2, 0) is 10.0 Å². The van der Waals surface area contributed by atoms with Crippen molar-refractivity contribution in [2.75, 3.05) is 24.6 Å². The Kier molecular flexibility index (Phi) is 3.72. The quantitative estimate of drug-likeness (QED) is 0.811. The van der Waals surface area contributed by atoms with Gasteiger partial charge in [0.15, 0.2) is 0 Å². The van der Waals surface area contributed by atoms with Crippen LogP contribution in [0.15, 0.2) is 29.2 Å². The molecule has 2 rings (SSSR count). The van der Waals surface area contributed by atoms with E-state index in [0.717, 1.165) is 11.5 Å². The molecule has 1 aliphatic heterocycles. The topological polar surface area (TPSA) is 61.2 Å². The lowest BCUT2D eigenvalue weighted by atomic mass is 10.2. The highest BCUT2D eigenvalue weighted by molar-refractivity contribution is 7.99. The molecule has 0 amide bonds. The summed E-state index contributed by atoms with van der Waals surface area (Å²) in [6.45, 7) is 1.13. The van der Waals surface area contributed by atoms with E-state index in [1.807, 2.05) is 6.07 Å². The SMILES string of the molecule is N#Cc1ccc(S(=O)(=O)N2CCSCC2)cc1. The summed E-state index contributed by atoms with van der Waals surface area (Å²) in [6, 6.07) is 8.03. The first-order chi connectivity index (χ1) is 8.14. The van der Waals surface area contributed by atoms with Crippen LogP contribution in [0.1, 0.15) is 5.56 Å². The standard InChI is InChI=1S/C11H12N2O2S2/c12-9-10-1-3-11(4-2-10)17(14,15)13-5-7-16-8-6-13/h1-4H,5-8H2. The zero-order valence-corrected chi connectivity index (χ0v) is 10.8. The van der Waals surface area contributed by atoms with Gasteiger partial charge in [-0.2, -0.15) is 21.3 Å². The molecule has 90 valence electrons. The molecule has 0 aromatic heterocycles. The molecule has 0 unspecified atom stereocenters. The van der Waals surface area contributed by atoms with Crippen molar-refractivity contribution in [2.24, 2.45) is 0 Å². The van der Waals surface area contributed by atoms with E-state index in [2.05, 4.69) is 0 Å². The minimum absolute atomic E-state index is 0.267. The predicted octanol–water partition coefficient (Wildman–Crippen LogP) is 1.30. The monoisotopic (exact) mass is 268 g/mol. The van der Waals surface area contributed by atoms with Crippen molar-refractivity contribution in [3.05, 3.63) is 29.8 Å². The molecule has 0 atom stereocenters. The Morgan fingerprint density at radius 2 is 1.76 bits per heavy atom. The average Bonchev–Trinajstić information content (AvgIpc) is 2.40. The van der Waals surface area contributed by atoms with Gasteiger partial charge in [-0.15, -0.1) is 0 Å². The second kappa shape index (κ2) is 5.08. The Balaban J connectivity index is 2.27. The highest BCUT2D eigenvalue weighted by Crippen LogP contribution is 2.20. The van der Waals surface area contributed by atoms with Gasteiger partial charge in [0.05, 0.1) is 16.5 Å². The van der Waals surface area contributed by atoms with Crippen LogP contribution in [0.2, 0.25) is 0 Å². The molecule has 0 radical (unpaired) electrons. The van der Waals surface area contributed by atoms with Crippen molar-refractivity contribution in [2.45, 2.75) is 4.90 Å². The summed E-state index contributed by atoms with van der Waals surface area (Å²) in [5.74, 6) is 1.69. The zero-order chi connectivity index (χ0) is 12.3. The van der Waals surface area contributed by atoms with Gasteiger partial charge in [0.25, 0.3) is 0 Å². The van der Waals surface area contributed by atoms with Gasteiger partial charge in [0, 0.05) is 24.6 Å². The molecule has 4 nitrogen and oxygen atoms in total. The van der Waals surface area contributed by atoms with Crippen LogP contribution < -0.4 is 0 Å². The minimum atomic E-state index is -3.38. The van der Waals surface area contributed by atoms with Gasteiger partial charge >= 0.3 is 0 Å². The van der Waals surface area contributed by atoms with Gasteiger partial charge in [-0.3, -0.25) is 0 Å². The van der Waals surface area contributed by atoms with Crippen molar-refractivity contribution in [1.82, 2.24) is 4.31 Å². The number of thioether (sulfide) groups is 1. The maximum Gasteiger partial charge on any atom is 0.243 e. The summed E-state index contributed by atoms with van der Waals surface area (Å²) >= 11 is 1.77. The molecular formula is C11H12N2O2S2. The van der Waals surface area contributed by atoms with E-state index in [1.54, 1.807) is 11.8 Å². The Bertz CT molecular complexity index is 526. The van der Waals surface area contributed by atoms with Crippen molar-refractivity contribution < 1.29 is 8.42 Å². The molecule has 6 heteroatoms. The van der Waals surface area contributed by atoms with Gasteiger partial charge < -0.3 is 0 Å². The maximum atomic E-state index is 12.2. The second-order valence-electron chi connectivity index (χ2n) is 3.65. The van der Waals surface area contributed by atoms with Gasteiger partial charge in [-0.1, -0.05) is 0 Å². The number of hydrogen-bond acceptors (Lipinski definition) is 4. The van der Waals surface area contributed by atoms with Gasteiger partial charge in [-0.25, -0.2) is 8.42 Å². The number of nitrogens with zero attached hydrogens (tertiary/aromatic N) is 2. The summed E-state index contributed by atoms with van der Waals surface area (Å²) < 4.78 is 25.9. The average molecular weight is 268 g/mol. The van der Waals surface area contributed by atoms with Gasteiger partial charge in [0.1, 0.15) is 0 Å². The fourth-order valence-electron chi connectivity index (χ4n) is 1.64. The van der Waals surface area contributed by atoms with Crippen molar-refractivity contribution >= 4 is 21.8 Å². The highest BCUT2D eigenvalue weighted by atomic mass is 32.2. The van der Waals surface area contributed by atoms with Crippen molar-refractivity contribution in [1.29, 1.82) is 5.26 Å². The van der Waals surface area contributed by atoms with Crippen LogP contribution in [0.4, 0.5) is 0 Å². The summed E-state index contributed by atoms with van der Waals surface area (Å²) in [5, 5.41) is 8.67. The van der Waals surface area contributed by atoms with E-state index in [4.69, 9.17) is 5.26 Å². The number of benzene rings is 1. The van der Waals surface area contributed by atoms with E-state index in [-0.39, 0.29) is 4.90 Å². The third-order valence-corrected chi connectivity index (χ3v) is 5.45. The molecule has 1 saturated heterocycles. The number of rotatable bonds is 2. The summed E-state index contributed by atoms with van der Waals surface area (Å²) in [4.78, 5) is 0.267. The molecule has 1 aliphatic rings. The first-order valence-corrected chi connectivity index (χ1v) is 7.82. The Labute approximate surface area is 105 Å². The largest absolute Gasteiger partial charge is 0.243 e. The third-order valence-electron chi connectivity index (χ3n) is 2.59. The molecule has 1 aromatic rings. The van der Waals surface area contributed by atoms with Gasteiger partial charge in [-0.05, 0) is 24.3 Å². The Morgan fingerprint density at radius 3 is 2.29 bits per heavy atom. The first kappa shape index (κ1) is 12.4. The van der Waals surface area contributed by atoms with Crippen LogP contribution in [0, 0.1) is 11.3 Å². The van der Waals surface area contributed by atoms with Gasteiger partial charge in [0.2, 0.25) is 10.0 Å². The molecule has 0 N–H and O–H groups in total. The zero-order valence-electron chi connectivity index (χ0n) is 9.17. The molecule has 0 bridgehead atoms. The fourth-order valence-corrected chi connectivity index (χ4v) is 4.21. The third kappa shape index (κ3) is 2.63. The predicted molar refractivity (Wildman–Crippen MR) is 67.2 cm³/mol. The van der Waals surface area contributed by atoms with E-state index in [9.17, 15) is 8.42 Å². The lowest BCUT2D eigenvalue weighted by molar-refractivity contribution is 0.443. The number of nitriles is 1. The lowest BCUT2D eigenvalue weighted by Crippen LogP contribution is -2.37. The van der Waals surface area contributed by atoms with E-state index >= 15 is 0 Å². The maximum absolute atomic E-state index is 12.2. The van der Waals surface area contributed by atoms with Crippen molar-refractivity contribution in [3.63, 3.8) is 0 Å². The Hall–Kier alpha value is -1.03. The molecular weight excluding hydrogens is 256 g/mol. The molecule has 1 fully saturated rings. The van der Waals surface area contributed by atoms with Crippen LogP contribution >= 0.6 is 11.8 Å². The summed E-state index contributed by atoms with van der Waals surface area (Å²) in [6.07, 6.45) is 0. The lowest BCUT2D eigenvalue weighted by Gasteiger charge is -2.25. The molecule has 0 spiro atoms. The molecule has 0 aliphatic carbocycles. The summed E-state index contributed by atoms with van der Waals surface area (Å²) in [5.41, 5.74) is 0.471. The van der Waals surface area contributed by atoms with Crippen LogP contribution in [0.25, 0.3) is 0 Å². The van der Waals surface area contributed by atoms with E-state index < -0.39 is 10.0 Å². The first-order valence-electron chi connectivity index (χ1n) is 5.22. The van der Waals surface area contributed by atoms with Crippen LogP contribution in [-0.4, -0.2) is 37.3 Å². The molecule has 1 heterocycles. The normalized spacial score (nSPS) is 17.6. The van der Waals surface area contributed by atoms with Crippen LogP contribution in [0.5, 0.6) is 0 Å². The Morgan fingerprint density at radius 1 is 1.18 bits per heavy atom. The van der Waals surface area contributed by atoms with Crippen molar-refractivity contribution in [3.8, 4) is 6.07 Å². The minimum Gasteiger partial charge on any atom is -0.207 e. The number of hydrogen-bond donors (Lipinski definition) is 0. The smallest absolute Gasteiger partial charge is 0.207 e. The second-order valence-corrected chi connectivity index (χ2v) is 6.82. The fraction of sp³-hybridized carbons (Fsp3) is 0.364. The van der Waals surface area contributed by atoms with E-state index in [1.165, 1.54) is 28.6 Å². The molecule has 17 heavy (non-hydrogen) atoms. The van der Waals surface area contributed by atoms with E-state index in [0.29, 0.717) is 18.7 Å². The molecule has 1 aromatic carbocycles. The summed E-state index contributed by atoms with van der Waals surface area (Å²) in [7, 11) is -3.38.